The van der Waals surface area contributed by atoms with E-state index in [9.17, 15) is 16.8 Å². The maximum atomic E-state index is 11.4. The lowest BCUT2D eigenvalue weighted by atomic mass is 10.3. The van der Waals surface area contributed by atoms with Crippen molar-refractivity contribution < 1.29 is 16.8 Å². The summed E-state index contributed by atoms with van der Waals surface area (Å²) in [5, 5.41) is -0.799. The fourth-order valence-corrected chi connectivity index (χ4v) is 4.24. The fourth-order valence-electron chi connectivity index (χ4n) is 1.08. The number of hydrogen-bond acceptors (Lipinski definition) is 5. The van der Waals surface area contributed by atoms with Crippen molar-refractivity contribution in [1.82, 2.24) is 0 Å². The Morgan fingerprint density at radius 2 is 1.88 bits per heavy atom. The van der Waals surface area contributed by atoms with Gasteiger partial charge in [-0.2, -0.15) is 0 Å². The number of sulfonamides is 1. The molecule has 6 nitrogen and oxygen atoms in total. The van der Waals surface area contributed by atoms with Gasteiger partial charge in [-0.3, -0.25) is 4.72 Å². The molecule has 0 atom stereocenters. The molecule has 3 N–H and O–H groups in total. The number of benzene rings is 1. The molecular weight excluding hydrogens is 288 g/mol. The lowest BCUT2D eigenvalue weighted by Gasteiger charge is -2.08. The summed E-state index contributed by atoms with van der Waals surface area (Å²) in [7, 11) is -7.59. The molecule has 0 aliphatic carbocycles. The quantitative estimate of drug-likeness (QED) is 0.794. The number of nitrogen functional groups attached to an aromatic ring is 1. The maximum Gasteiger partial charge on any atom is 0.247 e. The highest BCUT2D eigenvalue weighted by Crippen LogP contribution is 2.23. The van der Waals surface area contributed by atoms with Crippen LogP contribution >= 0.6 is 11.6 Å². The van der Waals surface area contributed by atoms with Gasteiger partial charge in [0.25, 0.3) is 0 Å². The summed E-state index contributed by atoms with van der Waals surface area (Å²) in [6.45, 7) is 0. The molecule has 0 heterocycles. The number of hydrogen-bond donors (Lipinski definition) is 2. The Labute approximate surface area is 105 Å². The van der Waals surface area contributed by atoms with E-state index in [0.29, 0.717) is 5.69 Å². The van der Waals surface area contributed by atoms with Crippen molar-refractivity contribution in [2.45, 2.75) is 0 Å². The third kappa shape index (κ3) is 4.80. The van der Waals surface area contributed by atoms with Crippen molar-refractivity contribution >= 4 is 42.8 Å². The zero-order chi connectivity index (χ0) is 13.3. The van der Waals surface area contributed by atoms with Gasteiger partial charge < -0.3 is 5.73 Å². The van der Waals surface area contributed by atoms with Gasteiger partial charge >= 0.3 is 0 Å². The summed E-state index contributed by atoms with van der Waals surface area (Å²) in [5.41, 5.74) is 5.91. The highest BCUT2D eigenvalue weighted by molar-refractivity contribution is 8.08. The van der Waals surface area contributed by atoms with Crippen molar-refractivity contribution in [2.75, 3.05) is 21.8 Å². The van der Waals surface area contributed by atoms with Crippen LogP contribution in [0.25, 0.3) is 0 Å². The Morgan fingerprint density at radius 3 is 2.35 bits per heavy atom. The van der Waals surface area contributed by atoms with Crippen LogP contribution in [-0.4, -0.2) is 28.2 Å². The third-order valence-electron chi connectivity index (χ3n) is 1.64. The van der Waals surface area contributed by atoms with Gasteiger partial charge in [-0.05, 0) is 18.2 Å². The molecule has 0 bridgehead atoms. The molecule has 17 heavy (non-hydrogen) atoms. The van der Waals surface area contributed by atoms with E-state index in [2.05, 4.69) is 4.72 Å². The van der Waals surface area contributed by atoms with Gasteiger partial charge in [-0.1, -0.05) is 11.6 Å². The highest BCUT2D eigenvalue weighted by Gasteiger charge is 2.18. The Bertz CT molecular complexity index is 625. The molecule has 9 heteroatoms. The number of rotatable bonds is 4. The molecular formula is C8H11ClN2O4S2. The summed E-state index contributed by atoms with van der Waals surface area (Å²) in [6, 6.07) is 4.11. The predicted molar refractivity (Wildman–Crippen MR) is 68.1 cm³/mol. The lowest BCUT2D eigenvalue weighted by Crippen LogP contribution is -2.22. The second kappa shape index (κ2) is 4.71. The molecule has 0 amide bonds. The second-order valence-corrected chi connectivity index (χ2v) is 8.13. The van der Waals surface area contributed by atoms with Crippen LogP contribution in [0.2, 0.25) is 5.02 Å². The summed E-state index contributed by atoms with van der Waals surface area (Å²) >= 11 is 5.70. The molecule has 0 unspecified atom stereocenters. The summed E-state index contributed by atoms with van der Waals surface area (Å²) < 4.78 is 46.8. The minimum absolute atomic E-state index is 0.160. The Kier molecular flexibility index (Phi) is 3.90. The first kappa shape index (κ1) is 14.1. The fraction of sp³-hybridized carbons (Fsp3) is 0.250. The van der Waals surface area contributed by atoms with Crippen LogP contribution < -0.4 is 10.5 Å². The molecule has 0 saturated heterocycles. The van der Waals surface area contributed by atoms with Gasteiger partial charge in [0.1, 0.15) is 0 Å². The molecule has 96 valence electrons. The van der Waals surface area contributed by atoms with E-state index in [4.69, 9.17) is 17.3 Å². The SMILES string of the molecule is CS(=O)(=O)CS(=O)(=O)Nc1ccc(N)c(Cl)c1. The van der Waals surface area contributed by atoms with Crippen LogP contribution in [0.3, 0.4) is 0 Å². The molecule has 0 radical (unpaired) electrons. The van der Waals surface area contributed by atoms with Crippen molar-refractivity contribution in [2.24, 2.45) is 0 Å². The highest BCUT2D eigenvalue weighted by atomic mass is 35.5. The standard InChI is InChI=1S/C8H11ClN2O4S2/c1-16(12,13)5-17(14,15)11-6-2-3-8(10)7(9)4-6/h2-4,11H,5,10H2,1H3. The third-order valence-corrected chi connectivity index (χ3v) is 5.47. The van der Waals surface area contributed by atoms with Gasteiger partial charge in [-0.15, -0.1) is 0 Å². The number of anilines is 2. The van der Waals surface area contributed by atoms with Crippen LogP contribution in [0.15, 0.2) is 18.2 Å². The Hall–Kier alpha value is -0.990. The first-order chi connectivity index (χ1) is 7.59. The molecule has 1 rings (SSSR count). The van der Waals surface area contributed by atoms with Crippen LogP contribution in [-0.2, 0) is 19.9 Å². The van der Waals surface area contributed by atoms with Crippen LogP contribution in [0.1, 0.15) is 0 Å². The molecule has 0 aliphatic rings. The first-order valence-electron chi connectivity index (χ1n) is 4.32. The number of nitrogens with one attached hydrogen (secondary N) is 1. The topological polar surface area (TPSA) is 106 Å². The van der Waals surface area contributed by atoms with Crippen molar-refractivity contribution in [3.8, 4) is 0 Å². The van der Waals surface area contributed by atoms with E-state index in [-0.39, 0.29) is 10.7 Å². The summed E-state index contributed by atoms with van der Waals surface area (Å²) in [6.07, 6.45) is 0.836. The van der Waals surface area contributed by atoms with Crippen molar-refractivity contribution in [3.63, 3.8) is 0 Å². The van der Waals surface area contributed by atoms with Gasteiger partial charge in [0.05, 0.1) is 16.4 Å². The van der Waals surface area contributed by atoms with Gasteiger partial charge in [0.2, 0.25) is 10.0 Å². The monoisotopic (exact) mass is 298 g/mol. The van der Waals surface area contributed by atoms with Crippen molar-refractivity contribution in [1.29, 1.82) is 0 Å². The van der Waals surface area contributed by atoms with Crippen LogP contribution in [0.4, 0.5) is 11.4 Å². The predicted octanol–water partition coefficient (Wildman–Crippen LogP) is 0.666. The van der Waals surface area contributed by atoms with E-state index in [0.717, 1.165) is 6.26 Å². The van der Waals surface area contributed by atoms with Crippen LogP contribution in [0, 0.1) is 0 Å². The zero-order valence-electron chi connectivity index (χ0n) is 8.84. The molecule has 0 aromatic heterocycles. The normalized spacial score (nSPS) is 12.4. The van der Waals surface area contributed by atoms with E-state index in [1.807, 2.05) is 0 Å². The second-order valence-electron chi connectivity index (χ2n) is 3.50. The molecule has 0 saturated carbocycles. The first-order valence-corrected chi connectivity index (χ1v) is 8.41. The number of sulfone groups is 1. The molecule has 1 aromatic rings. The summed E-state index contributed by atoms with van der Waals surface area (Å²) in [4.78, 5) is 0. The zero-order valence-corrected chi connectivity index (χ0v) is 11.2. The molecule has 0 spiro atoms. The summed E-state index contributed by atoms with van der Waals surface area (Å²) in [5.74, 6) is 0. The molecule has 0 aliphatic heterocycles. The Morgan fingerprint density at radius 1 is 1.29 bits per heavy atom. The molecule has 1 aromatic carbocycles. The van der Waals surface area contributed by atoms with Gasteiger partial charge in [-0.25, -0.2) is 16.8 Å². The lowest BCUT2D eigenvalue weighted by molar-refractivity contribution is 0.595. The minimum atomic E-state index is -3.96. The van der Waals surface area contributed by atoms with E-state index < -0.39 is 24.9 Å². The number of halogens is 1. The van der Waals surface area contributed by atoms with Crippen molar-refractivity contribution in [3.05, 3.63) is 23.2 Å². The minimum Gasteiger partial charge on any atom is -0.398 e. The Balaban J connectivity index is 2.95. The average Bonchev–Trinajstić information content (AvgIpc) is 2.06. The van der Waals surface area contributed by atoms with E-state index >= 15 is 0 Å². The largest absolute Gasteiger partial charge is 0.398 e. The van der Waals surface area contributed by atoms with Gasteiger partial charge in [0, 0.05) is 6.26 Å². The van der Waals surface area contributed by atoms with Gasteiger partial charge in [0.15, 0.2) is 14.9 Å². The molecule has 0 fully saturated rings. The average molecular weight is 299 g/mol. The van der Waals surface area contributed by atoms with E-state index in [1.54, 1.807) is 0 Å². The smallest absolute Gasteiger partial charge is 0.247 e. The van der Waals surface area contributed by atoms with Crippen LogP contribution in [0.5, 0.6) is 0 Å². The number of nitrogens with two attached hydrogens (primary N) is 1. The van der Waals surface area contributed by atoms with E-state index in [1.165, 1.54) is 18.2 Å². The maximum absolute atomic E-state index is 11.4.